The number of aromatic nitrogens is 3. The molecule has 0 bridgehead atoms. The summed E-state index contributed by atoms with van der Waals surface area (Å²) in [5.41, 5.74) is 0.400. The highest BCUT2D eigenvalue weighted by molar-refractivity contribution is 5.55. The molecule has 0 saturated heterocycles. The molecule has 3 N–H and O–H groups in total. The summed E-state index contributed by atoms with van der Waals surface area (Å²) >= 11 is 0. The summed E-state index contributed by atoms with van der Waals surface area (Å²) in [6.07, 6.45) is 3.45. The molecule has 0 aliphatic heterocycles. The monoisotopic (exact) mass is 201 g/mol. The van der Waals surface area contributed by atoms with Crippen LogP contribution in [-0.4, -0.2) is 15.0 Å². The van der Waals surface area contributed by atoms with Crippen LogP contribution in [0.1, 0.15) is 5.69 Å². The quantitative estimate of drug-likeness (QED) is 0.666. The van der Waals surface area contributed by atoms with Crippen LogP contribution in [0.25, 0.3) is 0 Å². The average Bonchev–Trinajstić information content (AvgIpc) is 2.69. The van der Waals surface area contributed by atoms with E-state index in [1.165, 1.54) is 6.07 Å². The van der Waals surface area contributed by atoms with Crippen molar-refractivity contribution in [1.29, 1.82) is 5.26 Å². The molecule has 0 aliphatic rings. The minimum Gasteiger partial charge on any atom is -0.366 e. The van der Waals surface area contributed by atoms with Crippen LogP contribution in [-0.2, 0) is 0 Å². The van der Waals surface area contributed by atoms with E-state index < -0.39 is 5.69 Å². The predicted octanol–water partition coefficient (Wildman–Crippen LogP) is 0.713. The first kappa shape index (κ1) is 9.02. The first-order valence-corrected chi connectivity index (χ1v) is 4.19. The number of nitrogens with zero attached hydrogens (tertiary/aromatic N) is 2. The van der Waals surface area contributed by atoms with Crippen LogP contribution in [0.4, 0.5) is 11.5 Å². The smallest absolute Gasteiger partial charge is 0.347 e. The van der Waals surface area contributed by atoms with Crippen LogP contribution >= 0.6 is 0 Å². The molecule has 0 aliphatic carbocycles. The third-order valence-corrected chi connectivity index (χ3v) is 1.74. The van der Waals surface area contributed by atoms with Crippen molar-refractivity contribution in [2.24, 2.45) is 0 Å². The van der Waals surface area contributed by atoms with Gasteiger partial charge in [-0.3, -0.25) is 4.98 Å². The Balaban J connectivity index is 2.34. The van der Waals surface area contributed by atoms with E-state index in [9.17, 15) is 4.79 Å². The average molecular weight is 201 g/mol. The molecule has 0 atom stereocenters. The highest BCUT2D eigenvalue weighted by Crippen LogP contribution is 2.11. The van der Waals surface area contributed by atoms with E-state index in [1.54, 1.807) is 18.5 Å². The number of H-pyrrole nitrogens is 2. The summed E-state index contributed by atoms with van der Waals surface area (Å²) in [6, 6.07) is 5.10. The van der Waals surface area contributed by atoms with Gasteiger partial charge in [-0.05, 0) is 6.07 Å². The molecule has 6 nitrogen and oxygen atoms in total. The Morgan fingerprint density at radius 2 is 2.40 bits per heavy atom. The second-order valence-corrected chi connectivity index (χ2v) is 2.82. The Morgan fingerprint density at radius 3 is 3.07 bits per heavy atom. The first-order valence-electron chi connectivity index (χ1n) is 4.19. The van der Waals surface area contributed by atoms with E-state index in [1.807, 2.05) is 6.07 Å². The topological polar surface area (TPSA) is 97.4 Å². The van der Waals surface area contributed by atoms with Crippen LogP contribution in [0.15, 0.2) is 29.3 Å². The summed E-state index contributed by atoms with van der Waals surface area (Å²) in [5.74, 6) is 0.343. The zero-order valence-electron chi connectivity index (χ0n) is 7.61. The first-order chi connectivity index (χ1) is 7.28. The molecule has 0 aromatic carbocycles. The molecule has 0 radical (unpaired) electrons. The summed E-state index contributed by atoms with van der Waals surface area (Å²) in [4.78, 5) is 19.9. The summed E-state index contributed by atoms with van der Waals surface area (Å²) in [6.45, 7) is 0. The fourth-order valence-electron chi connectivity index (χ4n) is 1.13. The van der Waals surface area contributed by atoms with Crippen molar-refractivity contribution in [2.75, 3.05) is 5.32 Å². The fourth-order valence-corrected chi connectivity index (χ4v) is 1.13. The van der Waals surface area contributed by atoms with Crippen LogP contribution in [0.5, 0.6) is 0 Å². The second-order valence-electron chi connectivity index (χ2n) is 2.82. The highest BCUT2D eigenvalue weighted by Gasteiger charge is 2.00. The van der Waals surface area contributed by atoms with Gasteiger partial charge < -0.3 is 10.3 Å². The van der Waals surface area contributed by atoms with Crippen molar-refractivity contribution < 1.29 is 0 Å². The molecule has 2 heterocycles. The second kappa shape index (κ2) is 3.67. The predicted molar refractivity (Wildman–Crippen MR) is 53.6 cm³/mol. The van der Waals surface area contributed by atoms with E-state index in [0.29, 0.717) is 5.82 Å². The molecule has 0 unspecified atom stereocenters. The number of hydrogen-bond acceptors (Lipinski definition) is 4. The molecule has 2 aromatic rings. The molecule has 6 heteroatoms. The van der Waals surface area contributed by atoms with Gasteiger partial charge >= 0.3 is 5.69 Å². The Kier molecular flexibility index (Phi) is 2.21. The van der Waals surface area contributed by atoms with Crippen LogP contribution < -0.4 is 11.0 Å². The van der Waals surface area contributed by atoms with Gasteiger partial charge in [0.25, 0.3) is 0 Å². The van der Waals surface area contributed by atoms with Gasteiger partial charge in [0.2, 0.25) is 0 Å². The maximum Gasteiger partial charge on any atom is 0.347 e. The van der Waals surface area contributed by atoms with Crippen molar-refractivity contribution in [1.82, 2.24) is 15.0 Å². The maximum absolute atomic E-state index is 11.0. The largest absolute Gasteiger partial charge is 0.366 e. The molecule has 0 amide bonds. The molecule has 15 heavy (non-hydrogen) atoms. The van der Waals surface area contributed by atoms with Crippen LogP contribution in [0, 0.1) is 11.3 Å². The van der Waals surface area contributed by atoms with Gasteiger partial charge in [0.05, 0.1) is 5.69 Å². The molecular formula is C9H7N5O. The fraction of sp³-hybridized carbons (Fsp3) is 0. The zero-order chi connectivity index (χ0) is 10.7. The number of anilines is 2. The molecular weight excluding hydrogens is 194 g/mol. The lowest BCUT2D eigenvalue weighted by Gasteiger charge is -2.01. The van der Waals surface area contributed by atoms with Crippen LogP contribution in [0.2, 0.25) is 0 Å². The van der Waals surface area contributed by atoms with Crippen molar-refractivity contribution in [3.05, 3.63) is 40.7 Å². The Bertz CT molecular complexity index is 549. The van der Waals surface area contributed by atoms with E-state index in [2.05, 4.69) is 20.3 Å². The van der Waals surface area contributed by atoms with Gasteiger partial charge in [0.15, 0.2) is 0 Å². The number of nitriles is 1. The third kappa shape index (κ3) is 2.03. The summed E-state index contributed by atoms with van der Waals surface area (Å²) in [5, 5.41) is 11.5. The molecule has 0 spiro atoms. The molecule has 74 valence electrons. The van der Waals surface area contributed by atoms with Crippen molar-refractivity contribution in [2.45, 2.75) is 0 Å². The minimum absolute atomic E-state index is 0.174. The van der Waals surface area contributed by atoms with E-state index in [4.69, 9.17) is 5.26 Å². The van der Waals surface area contributed by atoms with Gasteiger partial charge in [-0.1, -0.05) is 0 Å². The number of nitrogens with one attached hydrogen (secondary N) is 3. The number of rotatable bonds is 2. The lowest BCUT2D eigenvalue weighted by atomic mass is 10.4. The summed E-state index contributed by atoms with van der Waals surface area (Å²) in [7, 11) is 0. The number of hydrogen-bond donors (Lipinski definition) is 3. The van der Waals surface area contributed by atoms with E-state index in [0.717, 1.165) is 5.69 Å². The highest BCUT2D eigenvalue weighted by atomic mass is 16.1. The van der Waals surface area contributed by atoms with Gasteiger partial charge in [0.1, 0.15) is 17.6 Å². The zero-order valence-corrected chi connectivity index (χ0v) is 7.61. The normalized spacial score (nSPS) is 9.53. The molecule has 2 rings (SSSR count). The van der Waals surface area contributed by atoms with Gasteiger partial charge in [-0.2, -0.15) is 10.2 Å². The van der Waals surface area contributed by atoms with Crippen molar-refractivity contribution >= 4 is 11.5 Å². The Hall–Kier alpha value is -2.55. The molecule has 2 aromatic heterocycles. The lowest BCUT2D eigenvalue weighted by molar-refractivity contribution is 1.06. The van der Waals surface area contributed by atoms with Gasteiger partial charge in [-0.25, -0.2) is 4.79 Å². The maximum atomic E-state index is 11.0. The third-order valence-electron chi connectivity index (χ3n) is 1.74. The van der Waals surface area contributed by atoms with Crippen LogP contribution in [0.3, 0.4) is 0 Å². The Morgan fingerprint density at radius 1 is 1.53 bits per heavy atom. The SMILES string of the molecule is N#Cc1cc(Nc2cc[nH]c2)nc(=O)[nH]1. The molecule has 0 saturated carbocycles. The Labute approximate surface area is 84.6 Å². The van der Waals surface area contributed by atoms with Gasteiger partial charge in [0, 0.05) is 18.5 Å². The van der Waals surface area contributed by atoms with Crippen molar-refractivity contribution in [3.8, 4) is 6.07 Å². The minimum atomic E-state index is -0.549. The lowest BCUT2D eigenvalue weighted by Crippen LogP contribution is -2.13. The molecule has 0 fully saturated rings. The number of aromatic amines is 2. The van der Waals surface area contributed by atoms with E-state index in [-0.39, 0.29) is 5.69 Å². The van der Waals surface area contributed by atoms with Crippen molar-refractivity contribution in [3.63, 3.8) is 0 Å². The van der Waals surface area contributed by atoms with E-state index >= 15 is 0 Å². The van der Waals surface area contributed by atoms with Gasteiger partial charge in [-0.15, -0.1) is 0 Å². The standard InChI is InChI=1S/C9H7N5O/c10-4-7-3-8(14-9(15)13-7)12-6-1-2-11-5-6/h1-3,5,11H,(H2,12,13,14,15). The summed E-state index contributed by atoms with van der Waals surface area (Å²) < 4.78 is 0.